The van der Waals surface area contributed by atoms with Gasteiger partial charge in [-0.2, -0.15) is 0 Å². The molecule has 0 saturated carbocycles. The molecule has 0 N–H and O–H groups in total. The van der Waals surface area contributed by atoms with E-state index in [1.54, 1.807) is 53.4 Å². The molecule has 27 heavy (non-hydrogen) atoms. The number of ketones is 1. The van der Waals surface area contributed by atoms with Gasteiger partial charge in [-0.05, 0) is 38.3 Å². The molecule has 1 heterocycles. The Labute approximate surface area is 158 Å². The molecule has 1 fully saturated rings. The number of carbonyl (C=O) groups excluding carboxylic acids is 3. The molecule has 1 aliphatic rings. The van der Waals surface area contributed by atoms with Gasteiger partial charge >= 0.3 is 5.97 Å². The number of rotatable bonds is 5. The first-order valence-corrected chi connectivity index (χ1v) is 9.22. The largest absolute Gasteiger partial charge is 0.452 e. The first-order valence-electron chi connectivity index (χ1n) is 9.22. The summed E-state index contributed by atoms with van der Waals surface area (Å²) in [6.45, 7) is 2.48. The minimum Gasteiger partial charge on any atom is -0.452 e. The Bertz CT molecular complexity index is 814. The molecule has 1 aliphatic heterocycles. The second kappa shape index (κ2) is 8.62. The number of amides is 1. The summed E-state index contributed by atoms with van der Waals surface area (Å²) in [4.78, 5) is 38.6. The molecule has 5 nitrogen and oxygen atoms in total. The van der Waals surface area contributed by atoms with Crippen LogP contribution in [0.5, 0.6) is 0 Å². The van der Waals surface area contributed by atoms with E-state index in [1.165, 1.54) is 0 Å². The minimum absolute atomic E-state index is 0.107. The van der Waals surface area contributed by atoms with E-state index in [9.17, 15) is 14.4 Å². The van der Waals surface area contributed by atoms with Gasteiger partial charge in [0.15, 0.2) is 12.4 Å². The Morgan fingerprint density at radius 2 is 1.56 bits per heavy atom. The summed E-state index contributed by atoms with van der Waals surface area (Å²) >= 11 is 0. The first kappa shape index (κ1) is 18.8. The summed E-state index contributed by atoms with van der Waals surface area (Å²) in [7, 11) is 0. The molecule has 3 rings (SSSR count). The van der Waals surface area contributed by atoms with E-state index in [0.717, 1.165) is 19.3 Å². The van der Waals surface area contributed by atoms with E-state index in [1.807, 2.05) is 13.0 Å². The van der Waals surface area contributed by atoms with Gasteiger partial charge < -0.3 is 9.64 Å². The van der Waals surface area contributed by atoms with Crippen LogP contribution in [0.4, 0.5) is 0 Å². The zero-order chi connectivity index (χ0) is 19.2. The molecule has 1 saturated heterocycles. The third-order valence-corrected chi connectivity index (χ3v) is 4.87. The van der Waals surface area contributed by atoms with E-state index in [0.29, 0.717) is 23.2 Å². The smallest absolute Gasteiger partial charge is 0.338 e. The predicted molar refractivity (Wildman–Crippen MR) is 102 cm³/mol. The van der Waals surface area contributed by atoms with Crippen LogP contribution in [0.3, 0.4) is 0 Å². The van der Waals surface area contributed by atoms with Crippen LogP contribution < -0.4 is 0 Å². The van der Waals surface area contributed by atoms with Crippen LogP contribution in [-0.2, 0) is 9.53 Å². The lowest BCUT2D eigenvalue weighted by atomic mass is 10.0. The highest BCUT2D eigenvalue weighted by Gasteiger charge is 2.24. The van der Waals surface area contributed by atoms with Crippen molar-refractivity contribution in [2.24, 2.45) is 0 Å². The van der Waals surface area contributed by atoms with Crippen molar-refractivity contribution < 1.29 is 19.1 Å². The van der Waals surface area contributed by atoms with Gasteiger partial charge in [-0.15, -0.1) is 0 Å². The normalized spacial score (nSPS) is 16.6. The van der Waals surface area contributed by atoms with Crippen molar-refractivity contribution in [1.29, 1.82) is 0 Å². The quantitative estimate of drug-likeness (QED) is 0.601. The van der Waals surface area contributed by atoms with Crippen molar-refractivity contribution in [2.45, 2.75) is 32.2 Å². The molecule has 0 aliphatic carbocycles. The van der Waals surface area contributed by atoms with Crippen LogP contribution in [0.25, 0.3) is 0 Å². The lowest BCUT2D eigenvalue weighted by Gasteiger charge is -2.33. The molecule has 0 radical (unpaired) electrons. The highest BCUT2D eigenvalue weighted by Crippen LogP contribution is 2.17. The Hall–Kier alpha value is -2.95. The van der Waals surface area contributed by atoms with Crippen LogP contribution in [0.15, 0.2) is 54.6 Å². The second-order valence-electron chi connectivity index (χ2n) is 6.78. The fourth-order valence-electron chi connectivity index (χ4n) is 3.28. The van der Waals surface area contributed by atoms with E-state index in [-0.39, 0.29) is 24.3 Å². The standard InChI is InChI=1S/C22H23NO4/c1-16-7-5-6-14-23(16)20(24)15-27-22(26)19-12-10-18(11-13-19)21(25)17-8-3-2-4-9-17/h2-4,8-13,16H,5-7,14-15H2,1H3/t16-/m1/s1. The van der Waals surface area contributed by atoms with Crippen LogP contribution in [-0.4, -0.2) is 41.8 Å². The van der Waals surface area contributed by atoms with E-state index < -0.39 is 5.97 Å². The zero-order valence-electron chi connectivity index (χ0n) is 15.4. The topological polar surface area (TPSA) is 63.7 Å². The maximum absolute atomic E-state index is 12.4. The minimum atomic E-state index is -0.563. The summed E-state index contributed by atoms with van der Waals surface area (Å²) in [5.74, 6) is -0.831. The summed E-state index contributed by atoms with van der Waals surface area (Å²) in [6, 6.07) is 15.4. The molecule has 140 valence electrons. The SMILES string of the molecule is C[C@@H]1CCCCN1C(=O)COC(=O)c1ccc(C(=O)c2ccccc2)cc1. The Balaban J connectivity index is 1.57. The fraction of sp³-hybridized carbons (Fsp3) is 0.318. The van der Waals surface area contributed by atoms with Gasteiger partial charge in [0.25, 0.3) is 5.91 Å². The van der Waals surface area contributed by atoms with E-state index >= 15 is 0 Å². The second-order valence-corrected chi connectivity index (χ2v) is 6.78. The number of hydrogen-bond acceptors (Lipinski definition) is 4. The van der Waals surface area contributed by atoms with Crippen LogP contribution in [0.2, 0.25) is 0 Å². The molecule has 0 spiro atoms. The molecule has 1 amide bonds. The maximum atomic E-state index is 12.4. The molecule has 0 aromatic heterocycles. The van der Waals surface area contributed by atoms with Crippen LogP contribution >= 0.6 is 0 Å². The third kappa shape index (κ3) is 4.61. The summed E-state index contributed by atoms with van der Waals surface area (Å²) in [5, 5.41) is 0. The molecular weight excluding hydrogens is 342 g/mol. The molecule has 0 bridgehead atoms. The van der Waals surface area contributed by atoms with Crippen LogP contribution in [0.1, 0.15) is 52.5 Å². The van der Waals surface area contributed by atoms with Gasteiger partial charge in [0.1, 0.15) is 0 Å². The van der Waals surface area contributed by atoms with Gasteiger partial charge in [-0.25, -0.2) is 4.79 Å². The number of benzene rings is 2. The summed E-state index contributed by atoms with van der Waals surface area (Å²) in [5.41, 5.74) is 1.41. The lowest BCUT2D eigenvalue weighted by Crippen LogP contribution is -2.44. The van der Waals surface area contributed by atoms with Crippen molar-refractivity contribution in [3.63, 3.8) is 0 Å². The van der Waals surface area contributed by atoms with Gasteiger partial charge in [0.2, 0.25) is 0 Å². The molecular formula is C22H23NO4. The molecule has 1 atom stereocenters. The number of hydrogen-bond donors (Lipinski definition) is 0. The highest BCUT2D eigenvalue weighted by molar-refractivity contribution is 6.09. The zero-order valence-corrected chi connectivity index (χ0v) is 15.4. The maximum Gasteiger partial charge on any atom is 0.338 e. The molecule has 0 unspecified atom stereocenters. The summed E-state index contributed by atoms with van der Waals surface area (Å²) in [6.07, 6.45) is 3.09. The first-order chi connectivity index (χ1) is 13.1. The predicted octanol–water partition coefficient (Wildman–Crippen LogP) is 3.48. The van der Waals surface area contributed by atoms with E-state index in [4.69, 9.17) is 4.74 Å². The van der Waals surface area contributed by atoms with Gasteiger partial charge in [0, 0.05) is 23.7 Å². The Kier molecular flexibility index (Phi) is 6.01. The van der Waals surface area contributed by atoms with Crippen molar-refractivity contribution in [3.8, 4) is 0 Å². The lowest BCUT2D eigenvalue weighted by molar-refractivity contribution is -0.137. The van der Waals surface area contributed by atoms with Crippen molar-refractivity contribution in [1.82, 2.24) is 4.90 Å². The Morgan fingerprint density at radius 1 is 0.926 bits per heavy atom. The number of esters is 1. The van der Waals surface area contributed by atoms with Crippen LogP contribution in [0, 0.1) is 0 Å². The average molecular weight is 365 g/mol. The molecule has 5 heteroatoms. The number of piperidine rings is 1. The summed E-state index contributed by atoms with van der Waals surface area (Å²) < 4.78 is 5.16. The number of carbonyl (C=O) groups is 3. The van der Waals surface area contributed by atoms with Crippen molar-refractivity contribution in [2.75, 3.05) is 13.2 Å². The van der Waals surface area contributed by atoms with Crippen molar-refractivity contribution >= 4 is 17.7 Å². The van der Waals surface area contributed by atoms with Gasteiger partial charge in [0.05, 0.1) is 5.56 Å². The number of ether oxygens (including phenoxy) is 1. The van der Waals surface area contributed by atoms with Crippen molar-refractivity contribution in [3.05, 3.63) is 71.3 Å². The van der Waals surface area contributed by atoms with Gasteiger partial charge in [-0.1, -0.05) is 42.5 Å². The Morgan fingerprint density at radius 3 is 2.22 bits per heavy atom. The van der Waals surface area contributed by atoms with Gasteiger partial charge in [-0.3, -0.25) is 9.59 Å². The average Bonchev–Trinajstić information content (AvgIpc) is 2.72. The number of likely N-dealkylation sites (tertiary alicyclic amines) is 1. The third-order valence-electron chi connectivity index (χ3n) is 4.87. The highest BCUT2D eigenvalue weighted by atomic mass is 16.5. The molecule has 2 aromatic rings. The molecule has 2 aromatic carbocycles. The van der Waals surface area contributed by atoms with E-state index in [2.05, 4.69) is 0 Å². The number of nitrogens with zero attached hydrogens (tertiary/aromatic N) is 1. The fourth-order valence-corrected chi connectivity index (χ4v) is 3.28. The monoisotopic (exact) mass is 365 g/mol.